The van der Waals surface area contributed by atoms with Gasteiger partial charge in [0.1, 0.15) is 6.04 Å². The van der Waals surface area contributed by atoms with Crippen molar-refractivity contribution < 1.29 is 9.59 Å². The number of benzene rings is 3. The number of unbranched alkanes of at least 4 members (excludes halogenated alkanes) is 1. The Balaban J connectivity index is 1.81. The second kappa shape index (κ2) is 15.2. The van der Waals surface area contributed by atoms with Gasteiger partial charge in [-0.2, -0.15) is 0 Å². The van der Waals surface area contributed by atoms with E-state index in [9.17, 15) is 9.59 Å². The summed E-state index contributed by atoms with van der Waals surface area (Å²) in [6.45, 7) is 3.09. The molecule has 0 aliphatic rings. The quantitative estimate of drug-likeness (QED) is 0.207. The molecule has 0 fully saturated rings. The molecule has 3 aromatic rings. The summed E-state index contributed by atoms with van der Waals surface area (Å²) in [6, 6.07) is 25.4. The maximum atomic E-state index is 13.6. The predicted octanol–water partition coefficient (Wildman–Crippen LogP) is 7.00. The Kier molecular flexibility index (Phi) is 12.0. The second-order valence-electron chi connectivity index (χ2n) is 8.62. The van der Waals surface area contributed by atoms with Crippen LogP contribution in [0.25, 0.3) is 0 Å². The second-order valence-corrected chi connectivity index (χ2v) is 11.4. The van der Waals surface area contributed by atoms with Gasteiger partial charge in [0, 0.05) is 34.2 Å². The molecule has 0 spiro atoms. The third-order valence-corrected chi connectivity index (χ3v) is 7.82. The van der Waals surface area contributed by atoms with Crippen LogP contribution in [-0.4, -0.2) is 35.1 Å². The van der Waals surface area contributed by atoms with Crippen molar-refractivity contribution in [3.63, 3.8) is 0 Å². The highest BCUT2D eigenvalue weighted by Gasteiger charge is 2.30. The topological polar surface area (TPSA) is 49.4 Å². The van der Waals surface area contributed by atoms with Gasteiger partial charge in [0.15, 0.2) is 0 Å². The van der Waals surface area contributed by atoms with E-state index in [-0.39, 0.29) is 11.8 Å². The fourth-order valence-electron chi connectivity index (χ4n) is 3.77. The molecule has 3 rings (SSSR count). The molecule has 0 aromatic heterocycles. The minimum atomic E-state index is -0.589. The first-order chi connectivity index (χ1) is 17.5. The average molecular weight is 632 g/mol. The van der Waals surface area contributed by atoms with Crippen molar-refractivity contribution in [2.24, 2.45) is 0 Å². The van der Waals surface area contributed by atoms with E-state index in [4.69, 9.17) is 0 Å². The molecule has 4 nitrogen and oxygen atoms in total. The molecule has 36 heavy (non-hydrogen) atoms. The van der Waals surface area contributed by atoms with Crippen molar-refractivity contribution in [3.05, 3.63) is 104 Å². The molecule has 0 saturated carbocycles. The van der Waals surface area contributed by atoms with Crippen molar-refractivity contribution >= 4 is 55.4 Å². The van der Waals surface area contributed by atoms with E-state index >= 15 is 0 Å². The Bertz CT molecular complexity index is 1090. The summed E-state index contributed by atoms with van der Waals surface area (Å²) in [7, 11) is 0. The average Bonchev–Trinajstić information content (AvgIpc) is 2.89. The number of halogens is 2. The number of hydrogen-bond acceptors (Lipinski definition) is 3. The SMILES string of the molecule is CCCCNC(=O)[C@@H](Cc1ccccc1)N(Cc1ccc(Br)cc1)C(=O)CSCc1ccc(Br)cc1. The van der Waals surface area contributed by atoms with Crippen LogP contribution in [0.2, 0.25) is 0 Å². The molecule has 190 valence electrons. The Morgan fingerprint density at radius 3 is 2.08 bits per heavy atom. The third kappa shape index (κ3) is 9.41. The maximum absolute atomic E-state index is 13.6. The van der Waals surface area contributed by atoms with Gasteiger partial charge in [-0.1, -0.05) is 99.8 Å². The smallest absolute Gasteiger partial charge is 0.243 e. The van der Waals surface area contributed by atoms with E-state index in [1.54, 1.807) is 16.7 Å². The fraction of sp³-hybridized carbons (Fsp3) is 0.310. The number of thioether (sulfide) groups is 1. The van der Waals surface area contributed by atoms with Crippen LogP contribution in [0.3, 0.4) is 0 Å². The van der Waals surface area contributed by atoms with Gasteiger partial charge in [0.2, 0.25) is 11.8 Å². The summed E-state index contributed by atoms with van der Waals surface area (Å²) >= 11 is 8.52. The largest absolute Gasteiger partial charge is 0.354 e. The fourth-order valence-corrected chi connectivity index (χ4v) is 5.17. The van der Waals surface area contributed by atoms with Crippen LogP contribution in [0.5, 0.6) is 0 Å². The van der Waals surface area contributed by atoms with Gasteiger partial charge in [-0.15, -0.1) is 11.8 Å². The number of carbonyl (C=O) groups excluding carboxylic acids is 2. The van der Waals surface area contributed by atoms with E-state index in [0.717, 1.165) is 44.2 Å². The van der Waals surface area contributed by atoms with Gasteiger partial charge in [0.25, 0.3) is 0 Å². The van der Waals surface area contributed by atoms with Crippen LogP contribution >= 0.6 is 43.6 Å². The van der Waals surface area contributed by atoms with Crippen LogP contribution in [0.1, 0.15) is 36.5 Å². The first kappa shape index (κ1) is 28.5. The normalized spacial score (nSPS) is 11.6. The molecule has 7 heteroatoms. The molecule has 1 atom stereocenters. The minimum Gasteiger partial charge on any atom is -0.354 e. The Morgan fingerprint density at radius 2 is 1.47 bits per heavy atom. The summed E-state index contributed by atoms with van der Waals surface area (Å²) in [5, 5.41) is 3.07. The third-order valence-electron chi connectivity index (χ3n) is 5.77. The van der Waals surface area contributed by atoms with Gasteiger partial charge in [-0.3, -0.25) is 9.59 Å². The van der Waals surface area contributed by atoms with Gasteiger partial charge in [0.05, 0.1) is 5.75 Å². The molecule has 0 heterocycles. The lowest BCUT2D eigenvalue weighted by molar-refractivity contribution is -0.139. The number of amides is 2. The minimum absolute atomic E-state index is 0.0356. The van der Waals surface area contributed by atoms with Crippen LogP contribution in [0, 0.1) is 0 Å². The summed E-state index contributed by atoms with van der Waals surface area (Å²) in [5.74, 6) is 0.902. The van der Waals surface area contributed by atoms with Crippen molar-refractivity contribution in [3.8, 4) is 0 Å². The van der Waals surface area contributed by atoms with Crippen LogP contribution in [0.4, 0.5) is 0 Å². The van der Waals surface area contributed by atoms with Crippen LogP contribution in [0.15, 0.2) is 87.8 Å². The summed E-state index contributed by atoms with van der Waals surface area (Å²) < 4.78 is 2.01. The van der Waals surface area contributed by atoms with E-state index in [0.29, 0.717) is 25.3 Å². The number of nitrogens with zero attached hydrogens (tertiary/aromatic N) is 1. The molecule has 0 radical (unpaired) electrons. The molecule has 2 amide bonds. The van der Waals surface area contributed by atoms with Crippen LogP contribution < -0.4 is 5.32 Å². The van der Waals surface area contributed by atoms with Crippen molar-refractivity contribution in [1.82, 2.24) is 10.2 Å². The van der Waals surface area contributed by atoms with Crippen molar-refractivity contribution in [2.75, 3.05) is 12.3 Å². The predicted molar refractivity (Wildman–Crippen MR) is 157 cm³/mol. The summed E-state index contributed by atoms with van der Waals surface area (Å²) in [4.78, 5) is 28.8. The first-order valence-electron chi connectivity index (χ1n) is 12.1. The lowest BCUT2D eigenvalue weighted by Gasteiger charge is -2.31. The van der Waals surface area contributed by atoms with E-state index in [2.05, 4.69) is 56.2 Å². The Morgan fingerprint density at radius 1 is 0.861 bits per heavy atom. The van der Waals surface area contributed by atoms with Crippen LogP contribution in [-0.2, 0) is 28.3 Å². The molecule has 0 unspecified atom stereocenters. The highest BCUT2D eigenvalue weighted by Crippen LogP contribution is 2.20. The Labute approximate surface area is 235 Å². The number of rotatable bonds is 13. The Hall–Kier alpha value is -2.09. The lowest BCUT2D eigenvalue weighted by atomic mass is 10.0. The van der Waals surface area contributed by atoms with E-state index in [1.807, 2.05) is 66.7 Å². The molecule has 0 aliphatic carbocycles. The van der Waals surface area contributed by atoms with E-state index < -0.39 is 6.04 Å². The maximum Gasteiger partial charge on any atom is 0.243 e. The molecule has 0 aliphatic heterocycles. The molecular weight excluding hydrogens is 600 g/mol. The summed E-state index contributed by atoms with van der Waals surface area (Å²) in [6.07, 6.45) is 2.38. The van der Waals surface area contributed by atoms with Crippen molar-refractivity contribution in [1.29, 1.82) is 0 Å². The van der Waals surface area contributed by atoms with Gasteiger partial charge >= 0.3 is 0 Å². The zero-order valence-corrected chi connectivity index (χ0v) is 24.4. The van der Waals surface area contributed by atoms with Gasteiger partial charge < -0.3 is 10.2 Å². The highest BCUT2D eigenvalue weighted by molar-refractivity contribution is 9.10. The standard InChI is InChI=1S/C29H32Br2N2O2S/c1-2-3-17-32-29(35)27(18-22-7-5-4-6-8-22)33(19-23-9-13-25(30)14-10-23)28(34)21-36-20-24-11-15-26(31)16-12-24/h4-16,27H,2-3,17-21H2,1H3,(H,32,35)/t27-/m1/s1. The van der Waals surface area contributed by atoms with Gasteiger partial charge in [-0.05, 0) is 47.4 Å². The number of carbonyl (C=O) groups is 2. The zero-order valence-electron chi connectivity index (χ0n) is 20.5. The molecule has 0 saturated heterocycles. The number of hydrogen-bond donors (Lipinski definition) is 1. The van der Waals surface area contributed by atoms with E-state index in [1.165, 1.54) is 0 Å². The highest BCUT2D eigenvalue weighted by atomic mass is 79.9. The molecule has 1 N–H and O–H groups in total. The number of nitrogens with one attached hydrogen (secondary N) is 1. The lowest BCUT2D eigenvalue weighted by Crippen LogP contribution is -2.51. The van der Waals surface area contributed by atoms with Crippen molar-refractivity contribution in [2.45, 2.75) is 44.5 Å². The molecular formula is C29H32Br2N2O2S. The molecule has 0 bridgehead atoms. The van der Waals surface area contributed by atoms with Gasteiger partial charge in [-0.25, -0.2) is 0 Å². The molecule has 3 aromatic carbocycles. The zero-order chi connectivity index (χ0) is 25.8. The summed E-state index contributed by atoms with van der Waals surface area (Å²) in [5.41, 5.74) is 3.18. The first-order valence-corrected chi connectivity index (χ1v) is 14.9. The monoisotopic (exact) mass is 630 g/mol.